The van der Waals surface area contributed by atoms with Crippen molar-refractivity contribution < 1.29 is 13.7 Å². The van der Waals surface area contributed by atoms with Crippen molar-refractivity contribution in [2.75, 3.05) is 7.11 Å². The average molecular weight is 523 g/mol. The number of ether oxygens (including phenoxy) is 1. The third-order valence-corrected chi connectivity index (χ3v) is 12.0. The Morgan fingerprint density at radius 1 is 1.06 bits per heavy atom. The van der Waals surface area contributed by atoms with Gasteiger partial charge in [-0.2, -0.15) is 0 Å². The summed E-state index contributed by atoms with van der Waals surface area (Å²) in [5, 5.41) is 0.339. The van der Waals surface area contributed by atoms with Gasteiger partial charge in [0, 0.05) is 52.0 Å². The molecule has 3 aliphatic rings. The maximum atomic E-state index is 14.1. The van der Waals surface area contributed by atoms with Gasteiger partial charge < -0.3 is 9.64 Å². The molecule has 4 nitrogen and oxygen atoms in total. The number of methoxy groups -OCH3 is 1. The highest BCUT2D eigenvalue weighted by Gasteiger charge is 2.66. The quantitative estimate of drug-likeness (QED) is 0.378. The van der Waals surface area contributed by atoms with Gasteiger partial charge in [-0.1, -0.05) is 20.8 Å². The van der Waals surface area contributed by atoms with Gasteiger partial charge in [-0.3, -0.25) is 9.00 Å². The van der Waals surface area contributed by atoms with Crippen LogP contribution >= 0.6 is 23.2 Å². The summed E-state index contributed by atoms with van der Waals surface area (Å²) in [6.07, 6.45) is 7.55. The van der Waals surface area contributed by atoms with Gasteiger partial charge in [0.15, 0.2) is 0 Å². The minimum Gasteiger partial charge on any atom is -0.381 e. The number of rotatable bonds is 7. The van der Waals surface area contributed by atoms with Crippen LogP contribution in [-0.4, -0.2) is 61.1 Å². The number of halogens is 2. The number of carbonyl (C=O) groups is 1. The van der Waals surface area contributed by atoms with Crippen LogP contribution in [0.3, 0.4) is 0 Å². The predicted octanol–water partition coefficient (Wildman–Crippen LogP) is 6.14. The molecule has 7 unspecified atom stereocenters. The van der Waals surface area contributed by atoms with Gasteiger partial charge in [0.25, 0.3) is 0 Å². The molecule has 192 valence electrons. The fourth-order valence-corrected chi connectivity index (χ4v) is 9.85. The molecule has 0 aromatic rings. The normalized spacial score (nSPS) is 39.2. The fraction of sp³-hybridized carbons (Fsp3) is 0.962. The Kier molecular flexibility index (Phi) is 8.95. The summed E-state index contributed by atoms with van der Waals surface area (Å²) < 4.78 is 19.6. The molecule has 0 N–H and O–H groups in total. The van der Waals surface area contributed by atoms with Gasteiger partial charge >= 0.3 is 0 Å². The van der Waals surface area contributed by atoms with E-state index in [1.165, 1.54) is 0 Å². The van der Waals surface area contributed by atoms with Crippen molar-refractivity contribution in [1.29, 1.82) is 0 Å². The van der Waals surface area contributed by atoms with Crippen LogP contribution in [-0.2, 0) is 20.3 Å². The van der Waals surface area contributed by atoms with E-state index in [2.05, 4.69) is 20.8 Å². The predicted molar refractivity (Wildman–Crippen MR) is 140 cm³/mol. The van der Waals surface area contributed by atoms with E-state index in [9.17, 15) is 9.00 Å². The minimum atomic E-state index is -0.917. The molecule has 0 bridgehead atoms. The standard InChI is InChI=1S/C26H45Cl2NO3S/c1-16(2)29(24(30)25(4,5)6)23-13-8-18(14-22(23)28)26(15-21(26)17(3)32-7)33(31)20-11-9-19(27)10-12-20/h16-23H,8-15H2,1-7H3. The van der Waals surface area contributed by atoms with Crippen molar-refractivity contribution in [1.82, 2.24) is 4.90 Å². The summed E-state index contributed by atoms with van der Waals surface area (Å²) in [5.41, 5.74) is -0.433. The average Bonchev–Trinajstić information content (AvgIpc) is 3.50. The van der Waals surface area contributed by atoms with Gasteiger partial charge in [-0.05, 0) is 78.1 Å². The lowest BCUT2D eigenvalue weighted by atomic mass is 9.79. The first kappa shape index (κ1) is 27.7. The third kappa shape index (κ3) is 5.62. The molecule has 33 heavy (non-hydrogen) atoms. The number of hydrogen-bond acceptors (Lipinski definition) is 3. The van der Waals surface area contributed by atoms with Crippen molar-refractivity contribution in [3.63, 3.8) is 0 Å². The Labute approximate surface area is 214 Å². The second-order valence-corrected chi connectivity index (χ2v) is 15.2. The van der Waals surface area contributed by atoms with Gasteiger partial charge in [-0.15, -0.1) is 23.2 Å². The summed E-state index contributed by atoms with van der Waals surface area (Å²) in [6, 6.07) is 0.138. The molecule has 1 amide bonds. The van der Waals surface area contributed by atoms with Crippen LogP contribution in [0.2, 0.25) is 0 Å². The SMILES string of the molecule is COC(C)C1CC1(C1CCC(N(C(=O)C(C)(C)C)C(C)C)C(Cl)C1)S(=O)C1CCC(Cl)CC1. The summed E-state index contributed by atoms with van der Waals surface area (Å²) in [7, 11) is 0.842. The summed E-state index contributed by atoms with van der Waals surface area (Å²) in [6.45, 7) is 12.2. The maximum absolute atomic E-state index is 14.1. The summed E-state index contributed by atoms with van der Waals surface area (Å²) >= 11 is 13.4. The summed E-state index contributed by atoms with van der Waals surface area (Å²) in [4.78, 5) is 15.3. The summed E-state index contributed by atoms with van der Waals surface area (Å²) in [5.74, 6) is 0.798. The molecule has 0 saturated heterocycles. The molecule has 3 saturated carbocycles. The minimum absolute atomic E-state index is 0.0314. The van der Waals surface area contributed by atoms with Crippen LogP contribution in [0.15, 0.2) is 0 Å². The lowest BCUT2D eigenvalue weighted by Crippen LogP contribution is -2.55. The van der Waals surface area contributed by atoms with E-state index < -0.39 is 16.2 Å². The lowest BCUT2D eigenvalue weighted by Gasteiger charge is -2.46. The van der Waals surface area contributed by atoms with Crippen LogP contribution in [0.4, 0.5) is 0 Å². The molecule has 3 aliphatic carbocycles. The molecule has 3 fully saturated rings. The Bertz CT molecular complexity index is 719. The Balaban J connectivity index is 1.80. The second-order valence-electron chi connectivity index (χ2n) is 12.0. The topological polar surface area (TPSA) is 46.6 Å². The fourth-order valence-electron chi connectivity index (χ4n) is 6.44. The van der Waals surface area contributed by atoms with E-state index in [0.717, 1.165) is 51.4 Å². The second kappa shape index (κ2) is 10.6. The largest absolute Gasteiger partial charge is 0.381 e. The smallest absolute Gasteiger partial charge is 0.228 e. The van der Waals surface area contributed by atoms with E-state index in [1.807, 2.05) is 25.7 Å². The van der Waals surface area contributed by atoms with Crippen molar-refractivity contribution in [3.05, 3.63) is 0 Å². The number of nitrogens with zero attached hydrogens (tertiary/aromatic N) is 1. The van der Waals surface area contributed by atoms with Gasteiger partial charge in [0.1, 0.15) is 0 Å². The van der Waals surface area contributed by atoms with E-state index in [0.29, 0.717) is 11.8 Å². The van der Waals surface area contributed by atoms with E-state index in [-0.39, 0.29) is 44.8 Å². The zero-order valence-corrected chi connectivity index (χ0v) is 23.9. The van der Waals surface area contributed by atoms with Crippen LogP contribution in [0.25, 0.3) is 0 Å². The molecule has 0 aromatic carbocycles. The highest BCUT2D eigenvalue weighted by molar-refractivity contribution is 7.87. The van der Waals surface area contributed by atoms with E-state index >= 15 is 0 Å². The van der Waals surface area contributed by atoms with Crippen LogP contribution in [0, 0.1) is 17.3 Å². The first-order chi connectivity index (χ1) is 15.3. The number of alkyl halides is 2. The van der Waals surface area contributed by atoms with Gasteiger partial charge in [0.2, 0.25) is 5.91 Å². The molecular weight excluding hydrogens is 477 g/mol. The van der Waals surface area contributed by atoms with Gasteiger partial charge in [0.05, 0.1) is 16.2 Å². The molecule has 3 rings (SSSR count). The third-order valence-electron chi connectivity index (χ3n) is 8.44. The van der Waals surface area contributed by atoms with Crippen molar-refractivity contribution >= 4 is 39.9 Å². The Morgan fingerprint density at radius 3 is 2.15 bits per heavy atom. The maximum Gasteiger partial charge on any atom is 0.228 e. The first-order valence-electron chi connectivity index (χ1n) is 12.9. The highest BCUT2D eigenvalue weighted by Crippen LogP contribution is 2.61. The molecule has 0 heterocycles. The molecule has 0 radical (unpaired) electrons. The molecule has 0 aromatic heterocycles. The zero-order valence-electron chi connectivity index (χ0n) is 21.6. The number of amides is 1. The number of carbonyl (C=O) groups excluding carboxylic acids is 1. The molecular formula is C26H45Cl2NO3S. The van der Waals surface area contributed by atoms with E-state index in [1.54, 1.807) is 7.11 Å². The monoisotopic (exact) mass is 521 g/mol. The van der Waals surface area contributed by atoms with Crippen LogP contribution in [0.1, 0.15) is 92.9 Å². The number of hydrogen-bond donors (Lipinski definition) is 0. The zero-order chi connectivity index (χ0) is 24.7. The van der Waals surface area contributed by atoms with Crippen molar-refractivity contribution in [2.24, 2.45) is 17.3 Å². The van der Waals surface area contributed by atoms with Gasteiger partial charge in [-0.25, -0.2) is 0 Å². The first-order valence-corrected chi connectivity index (χ1v) is 15.0. The van der Waals surface area contributed by atoms with Crippen molar-refractivity contribution in [2.45, 2.75) is 132 Å². The molecule has 0 aliphatic heterocycles. The van der Waals surface area contributed by atoms with Crippen LogP contribution in [0.5, 0.6) is 0 Å². The highest BCUT2D eigenvalue weighted by atomic mass is 35.5. The molecule has 7 atom stereocenters. The van der Waals surface area contributed by atoms with Crippen molar-refractivity contribution in [3.8, 4) is 0 Å². The lowest BCUT2D eigenvalue weighted by molar-refractivity contribution is -0.145. The van der Waals surface area contributed by atoms with E-state index in [4.69, 9.17) is 27.9 Å². The van der Waals surface area contributed by atoms with Crippen LogP contribution < -0.4 is 0 Å². The molecule has 0 spiro atoms. The Morgan fingerprint density at radius 2 is 1.67 bits per heavy atom. The Hall–Kier alpha value is 0.160. The molecule has 7 heteroatoms.